The second-order valence-corrected chi connectivity index (χ2v) is 6.59. The number of nitrogens with one attached hydrogen (secondary N) is 1. The number of likely N-dealkylation sites (N-methyl/N-ethyl adjacent to an activating group) is 1. The van der Waals surface area contributed by atoms with Gasteiger partial charge in [-0.15, -0.1) is 0 Å². The Morgan fingerprint density at radius 2 is 1.95 bits per heavy atom. The molecule has 0 aliphatic carbocycles. The lowest BCUT2D eigenvalue weighted by Crippen LogP contribution is -2.44. The summed E-state index contributed by atoms with van der Waals surface area (Å²) in [5.74, 6) is 0.964. The third-order valence-corrected chi connectivity index (χ3v) is 2.48. The van der Waals surface area contributed by atoms with Crippen molar-refractivity contribution < 1.29 is 14.4 Å². The Bertz CT molecular complexity index is 457. The van der Waals surface area contributed by atoms with Gasteiger partial charge in [0.05, 0.1) is 18.7 Å². The van der Waals surface area contributed by atoms with E-state index in [4.69, 9.17) is 4.52 Å². The standard InChI is InChI=1S/C13H24N4O3/c1-12(2,3)10-15-9(16-20-10)7-14-11(18)17(6)8-13(4,5)19/h19H,7-8H2,1-6H3,(H,14,18). The summed E-state index contributed by atoms with van der Waals surface area (Å²) in [5, 5.41) is 16.2. The van der Waals surface area contributed by atoms with Crippen LogP contribution in [0.1, 0.15) is 46.3 Å². The van der Waals surface area contributed by atoms with Crippen molar-refractivity contribution in [2.45, 2.75) is 52.2 Å². The molecule has 114 valence electrons. The summed E-state index contributed by atoms with van der Waals surface area (Å²) in [5.41, 5.74) is -1.15. The largest absolute Gasteiger partial charge is 0.389 e. The minimum atomic E-state index is -0.933. The van der Waals surface area contributed by atoms with Crippen molar-refractivity contribution in [1.29, 1.82) is 0 Å². The molecule has 0 radical (unpaired) electrons. The molecule has 0 aliphatic rings. The highest BCUT2D eigenvalue weighted by atomic mass is 16.5. The summed E-state index contributed by atoms with van der Waals surface area (Å²) in [7, 11) is 1.62. The summed E-state index contributed by atoms with van der Waals surface area (Å²) >= 11 is 0. The zero-order chi connectivity index (χ0) is 15.6. The van der Waals surface area contributed by atoms with Gasteiger partial charge in [-0.25, -0.2) is 4.79 Å². The lowest BCUT2D eigenvalue weighted by atomic mass is 9.97. The fraction of sp³-hybridized carbons (Fsp3) is 0.769. The molecule has 0 fully saturated rings. The van der Waals surface area contributed by atoms with E-state index < -0.39 is 5.60 Å². The Kier molecular flexibility index (Phi) is 4.75. The van der Waals surface area contributed by atoms with Gasteiger partial charge in [-0.05, 0) is 13.8 Å². The topological polar surface area (TPSA) is 91.5 Å². The molecule has 0 atom stereocenters. The Hall–Kier alpha value is -1.63. The number of carbonyl (C=O) groups excluding carboxylic acids is 1. The summed E-state index contributed by atoms with van der Waals surface area (Å²) in [6, 6.07) is -0.297. The van der Waals surface area contributed by atoms with Crippen molar-refractivity contribution in [3.63, 3.8) is 0 Å². The van der Waals surface area contributed by atoms with Crippen LogP contribution in [0.25, 0.3) is 0 Å². The van der Waals surface area contributed by atoms with Crippen LogP contribution < -0.4 is 5.32 Å². The van der Waals surface area contributed by atoms with E-state index in [1.165, 1.54) is 4.90 Å². The number of aliphatic hydroxyl groups is 1. The molecule has 0 saturated heterocycles. The Labute approximate surface area is 119 Å². The third-order valence-electron chi connectivity index (χ3n) is 2.48. The van der Waals surface area contributed by atoms with Gasteiger partial charge in [-0.2, -0.15) is 4.98 Å². The van der Waals surface area contributed by atoms with Gasteiger partial charge in [-0.1, -0.05) is 25.9 Å². The van der Waals surface area contributed by atoms with E-state index in [-0.39, 0.29) is 24.5 Å². The molecule has 2 N–H and O–H groups in total. The van der Waals surface area contributed by atoms with Gasteiger partial charge < -0.3 is 19.8 Å². The molecular formula is C13H24N4O3. The molecule has 7 nitrogen and oxygen atoms in total. The molecule has 0 spiro atoms. The fourth-order valence-electron chi connectivity index (χ4n) is 1.57. The van der Waals surface area contributed by atoms with E-state index in [9.17, 15) is 9.90 Å². The molecule has 1 heterocycles. The first-order chi connectivity index (χ1) is 8.99. The third kappa shape index (κ3) is 5.16. The maximum absolute atomic E-state index is 11.8. The number of aromatic nitrogens is 2. The highest BCUT2D eigenvalue weighted by molar-refractivity contribution is 5.73. The van der Waals surface area contributed by atoms with Gasteiger partial charge in [-0.3, -0.25) is 0 Å². The zero-order valence-corrected chi connectivity index (χ0v) is 13.0. The van der Waals surface area contributed by atoms with Gasteiger partial charge >= 0.3 is 6.03 Å². The first-order valence-corrected chi connectivity index (χ1v) is 6.53. The number of amides is 2. The van der Waals surface area contributed by atoms with Crippen LogP contribution in [0.5, 0.6) is 0 Å². The van der Waals surface area contributed by atoms with E-state index in [1.807, 2.05) is 20.8 Å². The second-order valence-electron chi connectivity index (χ2n) is 6.59. The molecule has 0 aromatic carbocycles. The quantitative estimate of drug-likeness (QED) is 0.869. The Balaban J connectivity index is 2.51. The molecule has 1 aromatic rings. The van der Waals surface area contributed by atoms with Crippen molar-refractivity contribution in [1.82, 2.24) is 20.4 Å². The molecule has 0 bridgehead atoms. The van der Waals surface area contributed by atoms with E-state index in [2.05, 4.69) is 15.5 Å². The number of nitrogens with zero attached hydrogens (tertiary/aromatic N) is 3. The molecule has 0 aliphatic heterocycles. The first kappa shape index (κ1) is 16.4. The van der Waals surface area contributed by atoms with Gasteiger partial charge in [0, 0.05) is 12.5 Å². The van der Waals surface area contributed by atoms with E-state index in [1.54, 1.807) is 20.9 Å². The molecule has 0 saturated carbocycles. The molecular weight excluding hydrogens is 260 g/mol. The minimum absolute atomic E-state index is 0.189. The number of hydrogen-bond acceptors (Lipinski definition) is 5. The lowest BCUT2D eigenvalue weighted by molar-refractivity contribution is 0.0531. The molecule has 1 rings (SSSR count). The van der Waals surface area contributed by atoms with Crippen molar-refractivity contribution in [2.24, 2.45) is 0 Å². The van der Waals surface area contributed by atoms with Crippen molar-refractivity contribution in [2.75, 3.05) is 13.6 Å². The molecule has 1 aromatic heterocycles. The lowest BCUT2D eigenvalue weighted by Gasteiger charge is -2.25. The first-order valence-electron chi connectivity index (χ1n) is 6.53. The average Bonchev–Trinajstić information content (AvgIpc) is 2.71. The van der Waals surface area contributed by atoms with Crippen LogP contribution in [-0.2, 0) is 12.0 Å². The number of hydrogen-bond donors (Lipinski definition) is 2. The van der Waals surface area contributed by atoms with E-state index in [0.29, 0.717) is 11.7 Å². The Morgan fingerprint density at radius 3 is 2.40 bits per heavy atom. The second kappa shape index (κ2) is 5.78. The monoisotopic (exact) mass is 284 g/mol. The number of carbonyl (C=O) groups is 1. The van der Waals surface area contributed by atoms with Crippen molar-refractivity contribution in [3.8, 4) is 0 Å². The maximum atomic E-state index is 11.8. The highest BCUT2D eigenvalue weighted by Crippen LogP contribution is 2.19. The summed E-state index contributed by atoms with van der Waals surface area (Å²) < 4.78 is 5.14. The predicted molar refractivity (Wildman–Crippen MR) is 74.2 cm³/mol. The van der Waals surface area contributed by atoms with Crippen LogP contribution in [0, 0.1) is 0 Å². The summed E-state index contributed by atoms with van der Waals surface area (Å²) in [6.45, 7) is 9.63. The van der Waals surface area contributed by atoms with Gasteiger partial charge in [0.1, 0.15) is 0 Å². The summed E-state index contributed by atoms with van der Waals surface area (Å²) in [6.07, 6.45) is 0. The van der Waals surface area contributed by atoms with Crippen molar-refractivity contribution in [3.05, 3.63) is 11.7 Å². The van der Waals surface area contributed by atoms with E-state index >= 15 is 0 Å². The zero-order valence-electron chi connectivity index (χ0n) is 13.0. The predicted octanol–water partition coefficient (Wildman–Crippen LogP) is 1.28. The van der Waals surface area contributed by atoms with E-state index in [0.717, 1.165) is 0 Å². The highest BCUT2D eigenvalue weighted by Gasteiger charge is 2.22. The summed E-state index contributed by atoms with van der Waals surface area (Å²) in [4.78, 5) is 17.4. The normalized spacial score (nSPS) is 12.3. The van der Waals surface area contributed by atoms with Gasteiger partial charge in [0.2, 0.25) is 5.89 Å². The number of rotatable bonds is 4. The average molecular weight is 284 g/mol. The van der Waals surface area contributed by atoms with Gasteiger partial charge in [0.15, 0.2) is 5.82 Å². The van der Waals surface area contributed by atoms with Crippen LogP contribution >= 0.6 is 0 Å². The fourth-order valence-corrected chi connectivity index (χ4v) is 1.57. The van der Waals surface area contributed by atoms with Crippen LogP contribution in [0.2, 0.25) is 0 Å². The minimum Gasteiger partial charge on any atom is -0.389 e. The van der Waals surface area contributed by atoms with Crippen molar-refractivity contribution >= 4 is 6.03 Å². The Morgan fingerprint density at radius 1 is 1.35 bits per heavy atom. The van der Waals surface area contributed by atoms with Crippen LogP contribution in [-0.4, -0.2) is 45.4 Å². The molecule has 0 unspecified atom stereocenters. The van der Waals surface area contributed by atoms with Crippen LogP contribution in [0.3, 0.4) is 0 Å². The molecule has 7 heteroatoms. The van der Waals surface area contributed by atoms with Crippen LogP contribution in [0.15, 0.2) is 4.52 Å². The molecule has 20 heavy (non-hydrogen) atoms. The van der Waals surface area contributed by atoms with Gasteiger partial charge in [0.25, 0.3) is 0 Å². The maximum Gasteiger partial charge on any atom is 0.317 e. The SMILES string of the molecule is CN(CC(C)(C)O)C(=O)NCc1noc(C(C)(C)C)n1. The molecule has 2 amide bonds. The number of urea groups is 1. The van der Waals surface area contributed by atoms with Crippen LogP contribution in [0.4, 0.5) is 4.79 Å². The smallest absolute Gasteiger partial charge is 0.317 e.